The summed E-state index contributed by atoms with van der Waals surface area (Å²) in [6.07, 6.45) is 9.75. The molecule has 4 heteroatoms. The molecule has 1 aromatic carbocycles. The van der Waals surface area contributed by atoms with Gasteiger partial charge in [-0.15, -0.1) is 5.73 Å². The van der Waals surface area contributed by atoms with Crippen LogP contribution >= 0.6 is 11.6 Å². The van der Waals surface area contributed by atoms with E-state index in [-0.39, 0.29) is 0 Å². The molecule has 0 aliphatic rings. The number of anilines is 1. The SMILES string of the molecule is CN(C)CC=CC=C=CCNc1ccnc2cc(Cl)ccc12. The maximum atomic E-state index is 5.99. The van der Waals surface area contributed by atoms with Crippen LogP contribution in [0, 0.1) is 0 Å². The van der Waals surface area contributed by atoms with E-state index in [2.05, 4.69) is 27.0 Å². The zero-order valence-corrected chi connectivity index (χ0v) is 13.6. The second-order valence-corrected chi connectivity index (χ2v) is 5.57. The largest absolute Gasteiger partial charge is 0.380 e. The first kappa shape index (κ1) is 16.3. The highest BCUT2D eigenvalue weighted by atomic mass is 35.5. The van der Waals surface area contributed by atoms with Crippen molar-refractivity contribution in [2.45, 2.75) is 0 Å². The van der Waals surface area contributed by atoms with Gasteiger partial charge in [-0.1, -0.05) is 23.8 Å². The number of nitrogens with zero attached hydrogens (tertiary/aromatic N) is 2. The molecule has 0 bridgehead atoms. The Balaban J connectivity index is 1.95. The normalized spacial score (nSPS) is 10.9. The Bertz CT molecular complexity index is 713. The predicted octanol–water partition coefficient (Wildman–Crippen LogP) is 4.13. The average molecular weight is 314 g/mol. The molecular formula is C18H20ClN3. The van der Waals surface area contributed by atoms with Crippen LogP contribution in [0.3, 0.4) is 0 Å². The minimum Gasteiger partial charge on any atom is -0.380 e. The van der Waals surface area contributed by atoms with Gasteiger partial charge in [-0.3, -0.25) is 4.98 Å². The number of aromatic nitrogens is 1. The number of hydrogen-bond acceptors (Lipinski definition) is 3. The Kier molecular flexibility index (Phi) is 6.23. The van der Waals surface area contributed by atoms with E-state index in [1.54, 1.807) is 6.20 Å². The van der Waals surface area contributed by atoms with Crippen LogP contribution in [0.2, 0.25) is 5.02 Å². The number of fused-ring (bicyclic) bond motifs is 1. The van der Waals surface area contributed by atoms with Crippen molar-refractivity contribution in [1.29, 1.82) is 0 Å². The summed E-state index contributed by atoms with van der Waals surface area (Å²) in [4.78, 5) is 6.43. The second kappa shape index (κ2) is 8.40. The Hall–Kier alpha value is -2.06. The van der Waals surface area contributed by atoms with Crippen molar-refractivity contribution < 1.29 is 0 Å². The number of benzene rings is 1. The lowest BCUT2D eigenvalue weighted by molar-refractivity contribution is 0.456. The van der Waals surface area contributed by atoms with Gasteiger partial charge in [-0.25, -0.2) is 0 Å². The third-order valence-corrected chi connectivity index (χ3v) is 3.25. The first-order valence-electron chi connectivity index (χ1n) is 7.16. The van der Waals surface area contributed by atoms with Crippen molar-refractivity contribution in [1.82, 2.24) is 9.88 Å². The monoisotopic (exact) mass is 313 g/mol. The van der Waals surface area contributed by atoms with Crippen LogP contribution in [0.5, 0.6) is 0 Å². The predicted molar refractivity (Wildman–Crippen MR) is 95.6 cm³/mol. The summed E-state index contributed by atoms with van der Waals surface area (Å²) >= 11 is 5.99. The number of hydrogen-bond donors (Lipinski definition) is 1. The van der Waals surface area contributed by atoms with Gasteiger partial charge < -0.3 is 10.2 Å². The van der Waals surface area contributed by atoms with Crippen LogP contribution in [-0.2, 0) is 0 Å². The summed E-state index contributed by atoms with van der Waals surface area (Å²) in [7, 11) is 4.08. The fourth-order valence-electron chi connectivity index (χ4n) is 1.96. The summed E-state index contributed by atoms with van der Waals surface area (Å²) in [5.74, 6) is 0. The lowest BCUT2D eigenvalue weighted by Crippen LogP contribution is -2.10. The van der Waals surface area contributed by atoms with Crippen molar-refractivity contribution >= 4 is 28.2 Å². The van der Waals surface area contributed by atoms with Gasteiger partial charge in [-0.2, -0.15) is 0 Å². The van der Waals surface area contributed by atoms with E-state index in [9.17, 15) is 0 Å². The molecule has 114 valence electrons. The van der Waals surface area contributed by atoms with Gasteiger partial charge in [0.1, 0.15) is 0 Å². The Labute approximate surface area is 136 Å². The smallest absolute Gasteiger partial charge is 0.0737 e. The van der Waals surface area contributed by atoms with Crippen LogP contribution in [0.25, 0.3) is 10.9 Å². The summed E-state index contributed by atoms with van der Waals surface area (Å²) in [5, 5.41) is 5.13. The highest BCUT2D eigenvalue weighted by Gasteiger charge is 2.01. The minimum atomic E-state index is 0.699. The Morgan fingerprint density at radius 3 is 3.00 bits per heavy atom. The van der Waals surface area contributed by atoms with Crippen LogP contribution in [-0.4, -0.2) is 37.1 Å². The Morgan fingerprint density at radius 2 is 2.18 bits per heavy atom. The van der Waals surface area contributed by atoms with Gasteiger partial charge in [-0.05, 0) is 50.5 Å². The Morgan fingerprint density at radius 1 is 1.32 bits per heavy atom. The molecule has 22 heavy (non-hydrogen) atoms. The van der Waals surface area contributed by atoms with Crippen molar-refractivity contribution in [3.8, 4) is 0 Å². The molecule has 0 spiro atoms. The first-order chi connectivity index (χ1) is 10.7. The third-order valence-electron chi connectivity index (χ3n) is 3.02. The molecule has 0 unspecified atom stereocenters. The summed E-state index contributed by atoms with van der Waals surface area (Å²) in [6, 6.07) is 7.69. The zero-order valence-electron chi connectivity index (χ0n) is 12.9. The quantitative estimate of drug-likeness (QED) is 0.642. The van der Waals surface area contributed by atoms with Gasteiger partial charge in [0.05, 0.1) is 5.52 Å². The van der Waals surface area contributed by atoms with Gasteiger partial charge in [0, 0.05) is 35.4 Å². The minimum absolute atomic E-state index is 0.699. The van der Waals surface area contributed by atoms with Crippen molar-refractivity contribution in [2.75, 3.05) is 32.5 Å². The lowest BCUT2D eigenvalue weighted by Gasteiger charge is -2.07. The molecule has 0 saturated heterocycles. The van der Waals surface area contributed by atoms with E-state index in [0.29, 0.717) is 11.6 Å². The molecule has 2 rings (SSSR count). The maximum Gasteiger partial charge on any atom is 0.0737 e. The van der Waals surface area contributed by atoms with Crippen LogP contribution in [0.1, 0.15) is 0 Å². The van der Waals surface area contributed by atoms with Gasteiger partial charge in [0.2, 0.25) is 0 Å². The molecule has 1 heterocycles. The highest BCUT2D eigenvalue weighted by molar-refractivity contribution is 6.31. The van der Waals surface area contributed by atoms with Crippen LogP contribution in [0.15, 0.2) is 60.5 Å². The van der Waals surface area contributed by atoms with Gasteiger partial charge in [0.15, 0.2) is 0 Å². The first-order valence-corrected chi connectivity index (χ1v) is 7.53. The van der Waals surface area contributed by atoms with E-state index < -0.39 is 0 Å². The summed E-state index contributed by atoms with van der Waals surface area (Å²) in [6.45, 7) is 1.64. The molecule has 1 N–H and O–H groups in total. The molecule has 1 aromatic heterocycles. The van der Waals surface area contributed by atoms with Crippen molar-refractivity contribution in [2.24, 2.45) is 0 Å². The fraction of sp³-hybridized carbons (Fsp3) is 0.222. The molecule has 3 nitrogen and oxygen atoms in total. The van der Waals surface area contributed by atoms with Gasteiger partial charge >= 0.3 is 0 Å². The van der Waals surface area contributed by atoms with E-state index in [1.807, 2.05) is 56.6 Å². The van der Waals surface area contributed by atoms with E-state index in [1.165, 1.54) is 0 Å². The number of likely N-dealkylation sites (N-methyl/N-ethyl adjacent to an activating group) is 1. The van der Waals surface area contributed by atoms with Crippen LogP contribution < -0.4 is 5.32 Å². The van der Waals surface area contributed by atoms with Crippen LogP contribution in [0.4, 0.5) is 5.69 Å². The lowest BCUT2D eigenvalue weighted by atomic mass is 10.2. The average Bonchev–Trinajstić information content (AvgIpc) is 2.49. The molecule has 0 atom stereocenters. The molecule has 0 saturated carbocycles. The summed E-state index contributed by atoms with van der Waals surface area (Å²) in [5.41, 5.74) is 5.07. The van der Waals surface area contributed by atoms with Crippen molar-refractivity contribution in [3.05, 3.63) is 65.5 Å². The number of allylic oxidation sites excluding steroid dienone is 1. The second-order valence-electron chi connectivity index (χ2n) is 5.13. The molecule has 0 aliphatic heterocycles. The van der Waals surface area contributed by atoms with Crippen molar-refractivity contribution in [3.63, 3.8) is 0 Å². The van der Waals surface area contributed by atoms with E-state index in [4.69, 9.17) is 11.6 Å². The molecule has 0 radical (unpaired) electrons. The third kappa shape index (κ3) is 5.05. The number of rotatable bonds is 6. The summed E-state index contributed by atoms with van der Waals surface area (Å²) < 4.78 is 0. The molecule has 0 aliphatic carbocycles. The number of halogens is 1. The zero-order chi connectivity index (χ0) is 15.8. The van der Waals surface area contributed by atoms with Gasteiger partial charge in [0.25, 0.3) is 0 Å². The fourth-order valence-corrected chi connectivity index (χ4v) is 2.12. The highest BCUT2D eigenvalue weighted by Crippen LogP contribution is 2.24. The van der Waals surface area contributed by atoms with E-state index in [0.717, 1.165) is 23.1 Å². The van der Waals surface area contributed by atoms with E-state index >= 15 is 0 Å². The number of pyridine rings is 1. The standard InChI is InChI=1S/C18H20ClN3/c1-22(2)13-7-5-3-4-6-11-20-17-10-12-21-18-14-15(19)8-9-16(17)18/h3,5-10,12,14H,11,13H2,1-2H3,(H,20,21). The molecule has 0 amide bonds. The topological polar surface area (TPSA) is 28.2 Å². The maximum absolute atomic E-state index is 5.99. The molecule has 2 aromatic rings. The molecule has 0 fully saturated rings. The molecular weight excluding hydrogens is 294 g/mol. The number of nitrogens with one attached hydrogen (secondary N) is 1.